The number of rotatable bonds is 2. The molecule has 1 heterocycles. The van der Waals surface area contributed by atoms with Crippen LogP contribution in [0.15, 0.2) is 24.3 Å². The number of piperidine rings is 1. The smallest absolute Gasteiger partial charge is 0.0491 e. The summed E-state index contributed by atoms with van der Waals surface area (Å²) in [5, 5.41) is 2.36. The summed E-state index contributed by atoms with van der Waals surface area (Å²) in [7, 11) is 0. The number of nitrogen functional groups attached to an aromatic ring is 1. The van der Waals surface area contributed by atoms with Crippen LogP contribution in [0, 0.1) is 5.41 Å². The van der Waals surface area contributed by atoms with Crippen LogP contribution in [0.3, 0.4) is 0 Å². The molecule has 2 rings (SSSR count). The lowest BCUT2D eigenvalue weighted by molar-refractivity contribution is -0.0130. The number of nitrogens with one attached hydrogen (secondary N) is 1. The molecular weight excluding hydrogens is 222 g/mol. The van der Waals surface area contributed by atoms with Crippen LogP contribution in [-0.4, -0.2) is 17.1 Å². The van der Waals surface area contributed by atoms with Gasteiger partial charge in [-0.25, -0.2) is 5.01 Å². The van der Waals surface area contributed by atoms with Gasteiger partial charge >= 0.3 is 0 Å². The van der Waals surface area contributed by atoms with E-state index in [1.165, 1.54) is 12.8 Å². The van der Waals surface area contributed by atoms with Gasteiger partial charge in [-0.3, -0.25) is 0 Å². The number of anilines is 2. The normalized spacial score (nSPS) is 22.7. The third-order valence-electron chi connectivity index (χ3n) is 4.69. The standard InChI is InChI=1S/C15H25N3/c1-14(2)10-5-11-18(15(14,3)4)17-13-8-6-12(16)7-9-13/h6-9,17H,5,10-11,16H2,1-4H3. The van der Waals surface area contributed by atoms with E-state index in [-0.39, 0.29) is 5.54 Å². The second kappa shape index (κ2) is 4.47. The Labute approximate surface area is 110 Å². The minimum Gasteiger partial charge on any atom is -0.399 e. The van der Waals surface area contributed by atoms with Gasteiger partial charge in [-0.05, 0) is 56.4 Å². The van der Waals surface area contributed by atoms with Gasteiger partial charge in [-0.2, -0.15) is 0 Å². The third-order valence-corrected chi connectivity index (χ3v) is 4.69. The topological polar surface area (TPSA) is 41.3 Å². The van der Waals surface area contributed by atoms with Crippen molar-refractivity contribution in [3.63, 3.8) is 0 Å². The Balaban J connectivity index is 2.15. The molecule has 18 heavy (non-hydrogen) atoms. The summed E-state index contributed by atoms with van der Waals surface area (Å²) >= 11 is 0. The molecule has 1 saturated heterocycles. The van der Waals surface area contributed by atoms with Crippen LogP contribution in [0.1, 0.15) is 40.5 Å². The molecule has 0 aromatic heterocycles. The minimum absolute atomic E-state index is 0.132. The molecule has 0 aliphatic carbocycles. The van der Waals surface area contributed by atoms with Crippen LogP contribution >= 0.6 is 0 Å². The van der Waals surface area contributed by atoms with E-state index < -0.39 is 0 Å². The van der Waals surface area contributed by atoms with Gasteiger partial charge in [0.2, 0.25) is 0 Å². The molecule has 1 aliphatic rings. The molecule has 3 N–H and O–H groups in total. The van der Waals surface area contributed by atoms with E-state index in [9.17, 15) is 0 Å². The second-order valence-corrected chi connectivity index (χ2v) is 6.43. The van der Waals surface area contributed by atoms with Crippen LogP contribution in [0.5, 0.6) is 0 Å². The second-order valence-electron chi connectivity index (χ2n) is 6.43. The Kier molecular flexibility index (Phi) is 3.28. The molecule has 3 nitrogen and oxygen atoms in total. The average molecular weight is 247 g/mol. The number of hydrogen-bond donors (Lipinski definition) is 2. The summed E-state index contributed by atoms with van der Waals surface area (Å²) < 4.78 is 0. The summed E-state index contributed by atoms with van der Waals surface area (Å²) in [5.41, 5.74) is 11.6. The Morgan fingerprint density at radius 2 is 1.72 bits per heavy atom. The first kappa shape index (κ1) is 13.2. The van der Waals surface area contributed by atoms with Gasteiger partial charge in [-0.15, -0.1) is 0 Å². The molecule has 0 unspecified atom stereocenters. The maximum absolute atomic E-state index is 5.71. The van der Waals surface area contributed by atoms with Crippen LogP contribution < -0.4 is 11.2 Å². The van der Waals surface area contributed by atoms with Crippen molar-refractivity contribution >= 4 is 11.4 Å². The molecule has 0 saturated carbocycles. The first-order valence-corrected chi connectivity index (χ1v) is 6.73. The van der Waals surface area contributed by atoms with Gasteiger partial charge in [-0.1, -0.05) is 13.8 Å². The highest BCUT2D eigenvalue weighted by molar-refractivity contribution is 5.50. The zero-order valence-electron chi connectivity index (χ0n) is 12.0. The minimum atomic E-state index is 0.132. The van der Waals surface area contributed by atoms with Crippen LogP contribution in [0.4, 0.5) is 11.4 Å². The maximum atomic E-state index is 5.71. The van der Waals surface area contributed by atoms with Gasteiger partial charge in [0.15, 0.2) is 0 Å². The highest BCUT2D eigenvalue weighted by Gasteiger charge is 2.44. The molecule has 3 heteroatoms. The van der Waals surface area contributed by atoms with Crippen LogP contribution in [-0.2, 0) is 0 Å². The highest BCUT2D eigenvalue weighted by atomic mass is 15.5. The molecular formula is C15H25N3. The molecule has 0 atom stereocenters. The van der Waals surface area contributed by atoms with Crippen LogP contribution in [0.25, 0.3) is 0 Å². The van der Waals surface area contributed by atoms with Crippen molar-refractivity contribution < 1.29 is 0 Å². The van der Waals surface area contributed by atoms with E-state index in [0.717, 1.165) is 17.9 Å². The fraction of sp³-hybridized carbons (Fsp3) is 0.600. The number of nitrogens with two attached hydrogens (primary N) is 1. The summed E-state index contributed by atoms with van der Waals surface area (Å²) in [4.78, 5) is 0. The fourth-order valence-corrected chi connectivity index (χ4v) is 2.54. The quantitative estimate of drug-likeness (QED) is 0.786. The lowest BCUT2D eigenvalue weighted by atomic mass is 9.69. The van der Waals surface area contributed by atoms with Gasteiger partial charge in [0.05, 0.1) is 0 Å². The zero-order chi connectivity index (χ0) is 13.4. The SMILES string of the molecule is CC1(C)CCCN(Nc2ccc(N)cc2)C1(C)C. The van der Waals surface area contributed by atoms with E-state index in [2.05, 4.69) is 38.1 Å². The molecule has 100 valence electrons. The van der Waals surface area contributed by atoms with Crippen molar-refractivity contribution in [2.75, 3.05) is 17.7 Å². The lowest BCUT2D eigenvalue weighted by Crippen LogP contribution is -2.59. The van der Waals surface area contributed by atoms with Crippen molar-refractivity contribution in [1.82, 2.24) is 5.01 Å². The van der Waals surface area contributed by atoms with Crippen molar-refractivity contribution in [3.8, 4) is 0 Å². The molecule has 1 fully saturated rings. The van der Waals surface area contributed by atoms with Gasteiger partial charge in [0, 0.05) is 23.5 Å². The Bertz CT molecular complexity index is 406. The first-order chi connectivity index (χ1) is 8.33. The van der Waals surface area contributed by atoms with Crippen LogP contribution in [0.2, 0.25) is 0 Å². The number of hydrazine groups is 1. The Morgan fingerprint density at radius 3 is 2.33 bits per heavy atom. The Hall–Kier alpha value is -1.22. The molecule has 1 aromatic rings. The maximum Gasteiger partial charge on any atom is 0.0491 e. The van der Waals surface area contributed by atoms with E-state index in [4.69, 9.17) is 5.73 Å². The zero-order valence-corrected chi connectivity index (χ0v) is 12.0. The summed E-state index contributed by atoms with van der Waals surface area (Å²) in [5.74, 6) is 0. The predicted octanol–water partition coefficient (Wildman–Crippen LogP) is 3.50. The number of hydrogen-bond acceptors (Lipinski definition) is 3. The molecule has 0 bridgehead atoms. The summed E-state index contributed by atoms with van der Waals surface area (Å²) in [6, 6.07) is 7.94. The molecule has 1 aliphatic heterocycles. The van der Waals surface area contributed by atoms with E-state index in [1.807, 2.05) is 24.3 Å². The fourth-order valence-electron chi connectivity index (χ4n) is 2.54. The van der Waals surface area contributed by atoms with E-state index in [1.54, 1.807) is 0 Å². The van der Waals surface area contributed by atoms with E-state index >= 15 is 0 Å². The number of benzene rings is 1. The summed E-state index contributed by atoms with van der Waals surface area (Å²) in [6.45, 7) is 10.4. The van der Waals surface area contributed by atoms with Crippen molar-refractivity contribution in [1.29, 1.82) is 0 Å². The Morgan fingerprint density at radius 1 is 1.11 bits per heavy atom. The van der Waals surface area contributed by atoms with E-state index in [0.29, 0.717) is 5.41 Å². The van der Waals surface area contributed by atoms with Crippen molar-refractivity contribution in [3.05, 3.63) is 24.3 Å². The molecule has 0 amide bonds. The largest absolute Gasteiger partial charge is 0.399 e. The van der Waals surface area contributed by atoms with Crippen molar-refractivity contribution in [2.24, 2.45) is 5.41 Å². The number of nitrogens with zero attached hydrogens (tertiary/aromatic N) is 1. The van der Waals surface area contributed by atoms with Gasteiger partial charge in [0.25, 0.3) is 0 Å². The first-order valence-electron chi connectivity index (χ1n) is 6.73. The van der Waals surface area contributed by atoms with Gasteiger partial charge < -0.3 is 11.2 Å². The predicted molar refractivity (Wildman–Crippen MR) is 78.3 cm³/mol. The summed E-state index contributed by atoms with van der Waals surface area (Å²) in [6.07, 6.45) is 2.51. The highest BCUT2D eigenvalue weighted by Crippen LogP contribution is 2.43. The molecule has 1 aromatic carbocycles. The molecule has 0 radical (unpaired) electrons. The third kappa shape index (κ3) is 2.32. The monoisotopic (exact) mass is 247 g/mol. The van der Waals surface area contributed by atoms with Gasteiger partial charge in [0.1, 0.15) is 0 Å². The van der Waals surface area contributed by atoms with Crippen molar-refractivity contribution in [2.45, 2.75) is 46.1 Å². The lowest BCUT2D eigenvalue weighted by Gasteiger charge is -2.53. The molecule has 0 spiro atoms. The average Bonchev–Trinajstić information content (AvgIpc) is 2.28.